The van der Waals surface area contributed by atoms with Gasteiger partial charge in [-0.3, -0.25) is 0 Å². The molecule has 0 aliphatic carbocycles. The molecule has 0 aromatic heterocycles. The Bertz CT molecular complexity index is 17.2. The Morgan fingerprint density at radius 1 is 0.625 bits per heavy atom. The third kappa shape index (κ3) is 335. The fourth-order valence-electron chi connectivity index (χ4n) is 0. The van der Waals surface area contributed by atoms with E-state index in [9.17, 15) is 0 Å². The molecule has 0 aromatic carbocycles. The van der Waals surface area contributed by atoms with Crippen molar-refractivity contribution in [3.63, 3.8) is 0 Å². The quantitative estimate of drug-likeness (QED) is 0.409. The van der Waals surface area contributed by atoms with Gasteiger partial charge in [0, 0.05) is 0 Å². The molecule has 8 heavy (non-hydrogen) atoms. The summed E-state index contributed by atoms with van der Waals surface area (Å²) in [5.41, 5.74) is 0. The van der Waals surface area contributed by atoms with Gasteiger partial charge < -0.3 is 46.8 Å². The molecule has 2 nitrogen and oxygen atoms in total. The molecule has 0 bridgehead atoms. The molecule has 0 radical (unpaired) electrons. The van der Waals surface area contributed by atoms with Crippen LogP contribution < -0.4 is 37.2 Å². The van der Waals surface area contributed by atoms with Crippen molar-refractivity contribution < 1.29 is 66.3 Å². The largest absolute Gasteiger partial charge is 3.00 e. The van der Waals surface area contributed by atoms with E-state index in [2.05, 4.69) is 0 Å². The standard InChI is InChI=1S/2CH2O.3ClH.Rh/c2*1-2;;;;/h2*1H2;3*1H;/q;;;;;+3/p-3. The van der Waals surface area contributed by atoms with Gasteiger partial charge in [-0.15, -0.1) is 0 Å². The van der Waals surface area contributed by atoms with E-state index in [-0.39, 0.29) is 56.7 Å². The number of hydrogen-bond acceptors (Lipinski definition) is 2. The van der Waals surface area contributed by atoms with E-state index in [1.807, 2.05) is 13.6 Å². The van der Waals surface area contributed by atoms with Crippen LogP contribution in [0.5, 0.6) is 0 Å². The number of hydrogen-bond donors (Lipinski definition) is 0. The second-order valence-corrected chi connectivity index (χ2v) is 0. The summed E-state index contributed by atoms with van der Waals surface area (Å²) in [4.78, 5) is 16.0. The van der Waals surface area contributed by atoms with E-state index >= 15 is 0 Å². The zero-order chi connectivity index (χ0) is 4.00. The zero-order valence-electron chi connectivity index (χ0n) is 3.70. The maximum atomic E-state index is 8.00. The zero-order valence-corrected chi connectivity index (χ0v) is 7.60. The predicted molar refractivity (Wildman–Crippen MR) is 14.2 cm³/mol. The molecule has 0 heterocycles. The maximum absolute atomic E-state index is 8.00. The van der Waals surface area contributed by atoms with Crippen molar-refractivity contribution >= 4 is 13.6 Å². The molecular weight excluding hydrogens is 265 g/mol. The summed E-state index contributed by atoms with van der Waals surface area (Å²) in [7, 11) is 0. The van der Waals surface area contributed by atoms with Gasteiger partial charge in [0.25, 0.3) is 0 Å². The van der Waals surface area contributed by atoms with E-state index in [1.165, 1.54) is 0 Å². The summed E-state index contributed by atoms with van der Waals surface area (Å²) in [6.07, 6.45) is 0. The molecule has 6 heteroatoms. The van der Waals surface area contributed by atoms with Crippen molar-refractivity contribution in [3.8, 4) is 0 Å². The van der Waals surface area contributed by atoms with Crippen LogP contribution >= 0.6 is 0 Å². The number of rotatable bonds is 0. The van der Waals surface area contributed by atoms with Crippen molar-refractivity contribution in [2.45, 2.75) is 0 Å². The minimum Gasteiger partial charge on any atom is -1.00 e. The average molecular weight is 269 g/mol. The summed E-state index contributed by atoms with van der Waals surface area (Å²) in [5.74, 6) is 0. The Balaban J connectivity index is -0.00000000167. The monoisotopic (exact) mass is 268 g/mol. The van der Waals surface area contributed by atoms with Gasteiger partial charge in [0.05, 0.1) is 0 Å². The average Bonchev–Trinajstić information content (AvgIpc) is 1.50. The molecule has 0 aliphatic rings. The summed E-state index contributed by atoms with van der Waals surface area (Å²) >= 11 is 0. The van der Waals surface area contributed by atoms with Gasteiger partial charge in [-0.2, -0.15) is 0 Å². The Kier molecular flexibility index (Phi) is 4440. The molecule has 0 unspecified atom stereocenters. The minimum atomic E-state index is 0. The SMILES string of the molecule is C=O.C=O.[Cl-].[Cl-].[Cl-].[Rh+3]. The number of carbonyl (C=O) groups excluding carboxylic acids is 2. The summed E-state index contributed by atoms with van der Waals surface area (Å²) < 4.78 is 0. The molecular formula is C2H4Cl3O2Rh. The van der Waals surface area contributed by atoms with Crippen molar-refractivity contribution in [2.24, 2.45) is 0 Å². The van der Waals surface area contributed by atoms with E-state index in [1.54, 1.807) is 0 Å². The third-order valence-electron chi connectivity index (χ3n) is 0. The minimum absolute atomic E-state index is 0. The van der Waals surface area contributed by atoms with Crippen LogP contribution in [0.4, 0.5) is 0 Å². The molecule has 0 aromatic rings. The van der Waals surface area contributed by atoms with E-state index in [0.717, 1.165) is 0 Å². The van der Waals surface area contributed by atoms with Crippen molar-refractivity contribution in [3.05, 3.63) is 0 Å². The van der Waals surface area contributed by atoms with Gasteiger partial charge in [0.15, 0.2) is 0 Å². The summed E-state index contributed by atoms with van der Waals surface area (Å²) in [6.45, 7) is 4.00. The third-order valence-corrected chi connectivity index (χ3v) is 0. The van der Waals surface area contributed by atoms with E-state index in [4.69, 9.17) is 9.59 Å². The number of carbonyl (C=O) groups is 2. The first kappa shape index (κ1) is 67.5. The summed E-state index contributed by atoms with van der Waals surface area (Å²) in [6, 6.07) is 0. The van der Waals surface area contributed by atoms with E-state index in [0.29, 0.717) is 0 Å². The summed E-state index contributed by atoms with van der Waals surface area (Å²) in [5, 5.41) is 0. The van der Waals surface area contributed by atoms with E-state index < -0.39 is 0 Å². The molecule has 0 fully saturated rings. The molecule has 0 rings (SSSR count). The molecule has 0 spiro atoms. The molecule has 0 atom stereocenters. The second-order valence-electron chi connectivity index (χ2n) is 0. The van der Waals surface area contributed by atoms with Gasteiger partial charge >= 0.3 is 19.5 Å². The Morgan fingerprint density at radius 2 is 0.625 bits per heavy atom. The fourth-order valence-corrected chi connectivity index (χ4v) is 0. The van der Waals surface area contributed by atoms with Crippen molar-refractivity contribution in [1.29, 1.82) is 0 Å². The second kappa shape index (κ2) is 527. The number of halogens is 3. The predicted octanol–water partition coefficient (Wildman–Crippen LogP) is -9.36. The Hall–Kier alpha value is 0.833. The van der Waals surface area contributed by atoms with Crippen LogP contribution in [0.3, 0.4) is 0 Å². The molecule has 0 amide bonds. The van der Waals surface area contributed by atoms with Gasteiger partial charge in [-0.1, -0.05) is 0 Å². The molecule has 0 saturated heterocycles. The van der Waals surface area contributed by atoms with Crippen LogP contribution in [0.15, 0.2) is 0 Å². The van der Waals surface area contributed by atoms with Gasteiger partial charge in [-0.05, 0) is 0 Å². The first-order valence-electron chi connectivity index (χ1n) is 0.577. The topological polar surface area (TPSA) is 34.1 Å². The Labute approximate surface area is 79.8 Å². The van der Waals surface area contributed by atoms with Gasteiger partial charge in [-0.25, -0.2) is 0 Å². The first-order chi connectivity index (χ1) is 2.00. The van der Waals surface area contributed by atoms with Crippen molar-refractivity contribution in [1.82, 2.24) is 0 Å². The normalized spacial score (nSPS) is 1.00. The van der Waals surface area contributed by atoms with Crippen LogP contribution in [0, 0.1) is 0 Å². The molecule has 0 aliphatic heterocycles. The smallest absolute Gasteiger partial charge is 1.00 e. The van der Waals surface area contributed by atoms with Crippen LogP contribution in [0.1, 0.15) is 0 Å². The van der Waals surface area contributed by atoms with Crippen LogP contribution in [0.25, 0.3) is 0 Å². The fraction of sp³-hybridized carbons (Fsp3) is 0. The van der Waals surface area contributed by atoms with Gasteiger partial charge in [0.1, 0.15) is 13.6 Å². The molecule has 0 saturated carbocycles. The van der Waals surface area contributed by atoms with Crippen molar-refractivity contribution in [2.75, 3.05) is 0 Å². The molecule has 0 N–H and O–H groups in total. The van der Waals surface area contributed by atoms with Crippen LogP contribution in [-0.2, 0) is 29.1 Å². The van der Waals surface area contributed by atoms with Crippen LogP contribution in [0.2, 0.25) is 0 Å². The van der Waals surface area contributed by atoms with Crippen LogP contribution in [-0.4, -0.2) is 13.6 Å². The first-order valence-corrected chi connectivity index (χ1v) is 0.577. The maximum Gasteiger partial charge on any atom is 3.00 e. The molecule has 54 valence electrons. The Morgan fingerprint density at radius 3 is 0.625 bits per heavy atom. The van der Waals surface area contributed by atoms with Gasteiger partial charge in [0.2, 0.25) is 0 Å².